The smallest absolute Gasteiger partial charge is 0.225 e. The van der Waals surface area contributed by atoms with Crippen LogP contribution in [0, 0.1) is 6.92 Å². The standard InChI is InChI=1S/C15H21ClN4S/c1-10-9-12-13(18-15(16)19-14(12)21-10)17-7-8-20(2)11-5-3-4-6-11/h9,11H,3-8H2,1-2H3,(H,17,18,19). The molecule has 0 amide bonds. The average molecular weight is 325 g/mol. The zero-order valence-corrected chi connectivity index (χ0v) is 14.1. The Hall–Kier alpha value is -0.910. The Labute approximate surface area is 134 Å². The Kier molecular flexibility index (Phi) is 4.62. The quantitative estimate of drug-likeness (QED) is 0.846. The molecule has 21 heavy (non-hydrogen) atoms. The van der Waals surface area contributed by atoms with Crippen molar-refractivity contribution in [2.75, 3.05) is 25.5 Å². The normalized spacial score (nSPS) is 16.2. The number of likely N-dealkylation sites (N-methyl/N-ethyl adjacent to an activating group) is 1. The molecule has 4 nitrogen and oxygen atoms in total. The van der Waals surface area contributed by atoms with Gasteiger partial charge in [0.1, 0.15) is 10.6 Å². The van der Waals surface area contributed by atoms with Gasteiger partial charge in [0, 0.05) is 24.0 Å². The first kappa shape index (κ1) is 15.0. The molecule has 1 aliphatic carbocycles. The van der Waals surface area contributed by atoms with Crippen molar-refractivity contribution in [1.29, 1.82) is 0 Å². The first-order valence-electron chi connectivity index (χ1n) is 7.51. The topological polar surface area (TPSA) is 41.0 Å². The molecule has 0 saturated heterocycles. The molecule has 0 atom stereocenters. The van der Waals surface area contributed by atoms with Gasteiger partial charge in [0.25, 0.3) is 0 Å². The molecule has 6 heteroatoms. The van der Waals surface area contributed by atoms with Crippen molar-refractivity contribution in [2.45, 2.75) is 38.6 Å². The predicted octanol–water partition coefficient (Wildman–Crippen LogP) is 3.94. The van der Waals surface area contributed by atoms with Gasteiger partial charge >= 0.3 is 0 Å². The Bertz CT molecular complexity index is 621. The van der Waals surface area contributed by atoms with E-state index in [1.807, 2.05) is 0 Å². The fourth-order valence-electron chi connectivity index (χ4n) is 3.03. The van der Waals surface area contributed by atoms with Crippen LogP contribution in [0.5, 0.6) is 0 Å². The number of aromatic nitrogens is 2. The van der Waals surface area contributed by atoms with Gasteiger partial charge in [-0.1, -0.05) is 12.8 Å². The largest absolute Gasteiger partial charge is 0.368 e. The van der Waals surface area contributed by atoms with Crippen molar-refractivity contribution in [1.82, 2.24) is 14.9 Å². The number of fused-ring (bicyclic) bond motifs is 1. The summed E-state index contributed by atoms with van der Waals surface area (Å²) < 4.78 is 0. The maximum absolute atomic E-state index is 6.01. The molecule has 1 aliphatic rings. The second-order valence-electron chi connectivity index (χ2n) is 5.76. The molecule has 2 heterocycles. The van der Waals surface area contributed by atoms with Crippen LogP contribution in [0.4, 0.5) is 5.82 Å². The minimum absolute atomic E-state index is 0.316. The van der Waals surface area contributed by atoms with Gasteiger partial charge in [0.15, 0.2) is 0 Å². The summed E-state index contributed by atoms with van der Waals surface area (Å²) in [7, 11) is 2.22. The molecule has 0 spiro atoms. The third-order valence-electron chi connectivity index (χ3n) is 4.19. The Morgan fingerprint density at radius 1 is 1.38 bits per heavy atom. The number of hydrogen-bond acceptors (Lipinski definition) is 5. The van der Waals surface area contributed by atoms with E-state index in [1.165, 1.54) is 30.6 Å². The molecule has 1 saturated carbocycles. The summed E-state index contributed by atoms with van der Waals surface area (Å²) in [6, 6.07) is 2.88. The van der Waals surface area contributed by atoms with Crippen LogP contribution < -0.4 is 5.32 Å². The zero-order chi connectivity index (χ0) is 14.8. The lowest BCUT2D eigenvalue weighted by Crippen LogP contribution is -2.33. The summed E-state index contributed by atoms with van der Waals surface area (Å²) in [5, 5.41) is 4.82. The van der Waals surface area contributed by atoms with Crippen LogP contribution >= 0.6 is 22.9 Å². The van der Waals surface area contributed by atoms with E-state index in [0.717, 1.165) is 35.2 Å². The lowest BCUT2D eigenvalue weighted by atomic mass is 10.2. The van der Waals surface area contributed by atoms with Gasteiger partial charge in [0.05, 0.1) is 5.39 Å². The van der Waals surface area contributed by atoms with Crippen molar-refractivity contribution >= 4 is 39.0 Å². The van der Waals surface area contributed by atoms with Gasteiger partial charge in [-0.25, -0.2) is 9.97 Å². The first-order valence-corrected chi connectivity index (χ1v) is 8.71. The summed E-state index contributed by atoms with van der Waals surface area (Å²) in [5.41, 5.74) is 0. The number of anilines is 1. The SMILES string of the molecule is Cc1cc2c(NCCN(C)C3CCCC3)nc(Cl)nc2s1. The van der Waals surface area contributed by atoms with Gasteiger partial charge < -0.3 is 10.2 Å². The van der Waals surface area contributed by atoms with E-state index in [2.05, 4.69) is 40.2 Å². The van der Waals surface area contributed by atoms with E-state index in [9.17, 15) is 0 Å². The van der Waals surface area contributed by atoms with E-state index in [0.29, 0.717) is 5.28 Å². The van der Waals surface area contributed by atoms with Crippen molar-refractivity contribution < 1.29 is 0 Å². The van der Waals surface area contributed by atoms with E-state index in [-0.39, 0.29) is 0 Å². The minimum Gasteiger partial charge on any atom is -0.368 e. The fraction of sp³-hybridized carbons (Fsp3) is 0.600. The predicted molar refractivity (Wildman–Crippen MR) is 90.5 cm³/mol. The van der Waals surface area contributed by atoms with Crippen LogP contribution in [-0.4, -0.2) is 41.0 Å². The molecular formula is C15H21ClN4S. The minimum atomic E-state index is 0.316. The van der Waals surface area contributed by atoms with E-state index < -0.39 is 0 Å². The lowest BCUT2D eigenvalue weighted by Gasteiger charge is -2.24. The molecule has 1 N–H and O–H groups in total. The Morgan fingerprint density at radius 2 is 2.14 bits per heavy atom. The molecule has 0 aromatic carbocycles. The van der Waals surface area contributed by atoms with E-state index in [1.54, 1.807) is 11.3 Å². The van der Waals surface area contributed by atoms with Gasteiger partial charge in [-0.15, -0.1) is 11.3 Å². The summed E-state index contributed by atoms with van der Waals surface area (Å²) >= 11 is 7.67. The first-order chi connectivity index (χ1) is 10.1. The van der Waals surface area contributed by atoms with Crippen LogP contribution in [0.2, 0.25) is 5.28 Å². The van der Waals surface area contributed by atoms with Crippen LogP contribution in [0.15, 0.2) is 6.07 Å². The lowest BCUT2D eigenvalue weighted by molar-refractivity contribution is 0.254. The van der Waals surface area contributed by atoms with Crippen molar-refractivity contribution in [3.05, 3.63) is 16.2 Å². The number of rotatable bonds is 5. The second kappa shape index (κ2) is 6.46. The van der Waals surface area contributed by atoms with Crippen LogP contribution in [0.25, 0.3) is 10.2 Å². The number of hydrogen-bond donors (Lipinski definition) is 1. The number of thiophene rings is 1. The van der Waals surface area contributed by atoms with Crippen LogP contribution in [0.3, 0.4) is 0 Å². The highest BCUT2D eigenvalue weighted by Crippen LogP contribution is 2.29. The highest BCUT2D eigenvalue weighted by Gasteiger charge is 2.19. The second-order valence-corrected chi connectivity index (χ2v) is 7.34. The number of halogens is 1. The number of nitrogens with one attached hydrogen (secondary N) is 1. The average Bonchev–Trinajstić information content (AvgIpc) is 3.06. The number of aryl methyl sites for hydroxylation is 1. The molecule has 2 aromatic rings. The van der Waals surface area contributed by atoms with Gasteiger partial charge in [-0.05, 0) is 44.5 Å². The summed E-state index contributed by atoms with van der Waals surface area (Å²) in [5.74, 6) is 0.856. The molecule has 2 aromatic heterocycles. The molecule has 1 fully saturated rings. The van der Waals surface area contributed by atoms with Gasteiger partial charge in [0.2, 0.25) is 5.28 Å². The maximum Gasteiger partial charge on any atom is 0.225 e. The van der Waals surface area contributed by atoms with E-state index in [4.69, 9.17) is 11.6 Å². The highest BCUT2D eigenvalue weighted by atomic mass is 35.5. The Morgan fingerprint density at radius 3 is 2.90 bits per heavy atom. The molecule has 114 valence electrons. The zero-order valence-electron chi connectivity index (χ0n) is 12.5. The Balaban J connectivity index is 1.64. The summed E-state index contributed by atoms with van der Waals surface area (Å²) in [6.45, 7) is 3.99. The van der Waals surface area contributed by atoms with Gasteiger partial charge in [-0.3, -0.25) is 0 Å². The number of nitrogens with zero attached hydrogens (tertiary/aromatic N) is 3. The van der Waals surface area contributed by atoms with Crippen molar-refractivity contribution in [3.8, 4) is 0 Å². The molecule has 3 rings (SSSR count). The van der Waals surface area contributed by atoms with Crippen LogP contribution in [0.1, 0.15) is 30.6 Å². The van der Waals surface area contributed by atoms with Crippen molar-refractivity contribution in [3.63, 3.8) is 0 Å². The third kappa shape index (κ3) is 3.47. The summed E-state index contributed by atoms with van der Waals surface area (Å²) in [6.07, 6.45) is 5.42. The highest BCUT2D eigenvalue weighted by molar-refractivity contribution is 7.18. The molecule has 0 unspecified atom stereocenters. The monoisotopic (exact) mass is 324 g/mol. The van der Waals surface area contributed by atoms with Gasteiger partial charge in [-0.2, -0.15) is 0 Å². The molecule has 0 bridgehead atoms. The molecule has 0 aliphatic heterocycles. The maximum atomic E-state index is 6.01. The fourth-order valence-corrected chi connectivity index (χ4v) is 4.13. The van der Waals surface area contributed by atoms with Crippen LogP contribution in [-0.2, 0) is 0 Å². The van der Waals surface area contributed by atoms with E-state index >= 15 is 0 Å². The van der Waals surface area contributed by atoms with Crippen molar-refractivity contribution in [2.24, 2.45) is 0 Å². The third-order valence-corrected chi connectivity index (χ3v) is 5.31. The molecule has 0 radical (unpaired) electrons. The summed E-state index contributed by atoms with van der Waals surface area (Å²) in [4.78, 5) is 13.3. The molecular weight excluding hydrogens is 304 g/mol.